The number of amides is 1. The fourth-order valence-corrected chi connectivity index (χ4v) is 6.74. The lowest BCUT2D eigenvalue weighted by Gasteiger charge is -2.44. The first kappa shape index (κ1) is 31.3. The van der Waals surface area contributed by atoms with Gasteiger partial charge >= 0.3 is 5.97 Å². The smallest absolute Gasteiger partial charge is 0.305 e. The number of carboxylic acid groups (broad SMARTS) is 1. The largest absolute Gasteiger partial charge is 0.481 e. The van der Waals surface area contributed by atoms with E-state index in [9.17, 15) is 19.8 Å². The van der Waals surface area contributed by atoms with E-state index in [0.717, 1.165) is 6.07 Å². The van der Waals surface area contributed by atoms with Crippen LogP contribution in [0.4, 0.5) is 8.78 Å². The molecule has 2 heterocycles. The van der Waals surface area contributed by atoms with Crippen LogP contribution < -0.4 is 0 Å². The Labute approximate surface area is 257 Å². The number of hydrogen-bond acceptors (Lipinski definition) is 5. The molecule has 1 fully saturated rings. The number of carboxylic acids is 1. The maximum absolute atomic E-state index is 16.6. The van der Waals surface area contributed by atoms with Crippen molar-refractivity contribution in [1.29, 1.82) is 0 Å². The fourth-order valence-electron chi connectivity index (χ4n) is 6.49. The minimum atomic E-state index is -2.13. The van der Waals surface area contributed by atoms with Crippen molar-refractivity contribution in [2.24, 2.45) is 0 Å². The molecule has 11 heteroatoms. The summed E-state index contributed by atoms with van der Waals surface area (Å²) in [5.74, 6) is -2.90. The molecule has 3 aromatic carbocycles. The number of ether oxygens (including phenoxy) is 2. The normalized spacial score (nSPS) is 21.7. The number of halogens is 4. The number of carbonyl (C=O) groups is 2. The van der Waals surface area contributed by atoms with Crippen LogP contribution in [0.1, 0.15) is 71.3 Å². The van der Waals surface area contributed by atoms with Gasteiger partial charge in [0.15, 0.2) is 5.72 Å². The molecule has 2 N–H and O–H groups in total. The van der Waals surface area contributed by atoms with Gasteiger partial charge in [0.1, 0.15) is 17.1 Å². The van der Waals surface area contributed by atoms with Crippen molar-refractivity contribution < 1.29 is 38.1 Å². The number of aliphatic carboxylic acids is 1. The molecule has 7 nitrogen and oxygen atoms in total. The van der Waals surface area contributed by atoms with E-state index in [1.165, 1.54) is 18.1 Å². The highest BCUT2D eigenvalue weighted by atomic mass is 35.5. The number of alkyl halides is 1. The van der Waals surface area contributed by atoms with E-state index in [1.807, 2.05) is 0 Å². The molecule has 2 aliphatic rings. The van der Waals surface area contributed by atoms with E-state index < -0.39 is 47.2 Å². The monoisotopic (exact) mass is 633 g/mol. The van der Waals surface area contributed by atoms with Crippen molar-refractivity contribution in [2.45, 2.75) is 55.6 Å². The van der Waals surface area contributed by atoms with E-state index in [1.54, 1.807) is 55.5 Å². The summed E-state index contributed by atoms with van der Waals surface area (Å²) in [7, 11) is 1.29. The zero-order valence-electron chi connectivity index (χ0n) is 23.6. The molecule has 3 aromatic rings. The summed E-state index contributed by atoms with van der Waals surface area (Å²) in [5.41, 5.74) is -5.96. The van der Waals surface area contributed by atoms with Crippen molar-refractivity contribution in [3.63, 3.8) is 0 Å². The summed E-state index contributed by atoms with van der Waals surface area (Å²) < 4.78 is 44.3. The highest BCUT2D eigenvalue weighted by Crippen LogP contribution is 2.53. The second kappa shape index (κ2) is 11.8. The zero-order valence-corrected chi connectivity index (χ0v) is 25.1. The Hall–Kier alpha value is -3.08. The number of fused-ring (bicyclic) bond motifs is 1. The van der Waals surface area contributed by atoms with Crippen LogP contribution in [0, 0.1) is 5.82 Å². The molecule has 2 aliphatic heterocycles. The van der Waals surface area contributed by atoms with Crippen molar-refractivity contribution in [2.75, 3.05) is 20.3 Å². The third kappa shape index (κ3) is 5.11. The van der Waals surface area contributed by atoms with Crippen LogP contribution in [-0.2, 0) is 25.6 Å². The van der Waals surface area contributed by atoms with Gasteiger partial charge in [-0.15, -0.1) is 0 Å². The molecule has 3 atom stereocenters. The standard InChI is InChI=1S/C32H31Cl2F2NO6/c1-3-31(41,30(36)12-14-43-15-13-30)21-16-24-28(25(35)17-21)32(42-2,20-6-10-23(34)11-7-20)37(29(24)40)26(18-27(38)39)19-4-8-22(33)9-5-19/h4-11,16-17,26,41H,3,12-15,18H2,1-2H3,(H,38,39)/t26-,31-,32+/m0/s1. The molecule has 0 bridgehead atoms. The van der Waals surface area contributed by atoms with Crippen LogP contribution in [0.3, 0.4) is 0 Å². The molecule has 0 saturated carbocycles. The molecular weight excluding hydrogens is 603 g/mol. The van der Waals surface area contributed by atoms with Gasteiger partial charge < -0.3 is 19.7 Å². The molecule has 1 amide bonds. The molecule has 5 rings (SSSR count). The highest BCUT2D eigenvalue weighted by molar-refractivity contribution is 6.30. The first-order valence-corrected chi connectivity index (χ1v) is 14.6. The van der Waals surface area contributed by atoms with Crippen LogP contribution >= 0.6 is 23.2 Å². The number of aliphatic hydroxyl groups is 1. The first-order valence-electron chi connectivity index (χ1n) is 13.9. The second-order valence-corrected chi connectivity index (χ2v) is 11.7. The predicted molar refractivity (Wildman–Crippen MR) is 156 cm³/mol. The van der Waals surface area contributed by atoms with Gasteiger partial charge in [0.2, 0.25) is 0 Å². The minimum Gasteiger partial charge on any atom is -0.481 e. The summed E-state index contributed by atoms with van der Waals surface area (Å²) >= 11 is 12.3. The second-order valence-electron chi connectivity index (χ2n) is 10.9. The zero-order chi connectivity index (χ0) is 31.2. The third-order valence-corrected chi connectivity index (χ3v) is 9.20. The SMILES string of the molecule is CC[C@](O)(c1cc(F)c2c(c1)C(=O)N([C@@H](CC(=O)O)c1ccc(Cl)cc1)[C@@]2(OC)c1ccc(Cl)cc1)C1(F)CCOCC1. The molecule has 1 saturated heterocycles. The quantitative estimate of drug-likeness (QED) is 0.270. The van der Waals surface area contributed by atoms with Gasteiger partial charge in [-0.2, -0.15) is 0 Å². The lowest BCUT2D eigenvalue weighted by molar-refractivity contribution is -0.155. The van der Waals surface area contributed by atoms with Gasteiger partial charge in [0, 0.05) is 48.8 Å². The van der Waals surface area contributed by atoms with Crippen molar-refractivity contribution in [1.82, 2.24) is 4.90 Å². The Balaban J connectivity index is 1.78. The van der Waals surface area contributed by atoms with Crippen LogP contribution in [0.2, 0.25) is 10.0 Å². The van der Waals surface area contributed by atoms with E-state index in [4.69, 9.17) is 32.7 Å². The Morgan fingerprint density at radius 3 is 2.21 bits per heavy atom. The maximum Gasteiger partial charge on any atom is 0.305 e. The van der Waals surface area contributed by atoms with Gasteiger partial charge in [-0.1, -0.05) is 54.4 Å². The Morgan fingerprint density at radius 2 is 1.67 bits per heavy atom. The van der Waals surface area contributed by atoms with E-state index in [2.05, 4.69) is 0 Å². The van der Waals surface area contributed by atoms with Crippen molar-refractivity contribution in [3.8, 4) is 0 Å². The molecule has 43 heavy (non-hydrogen) atoms. The van der Waals surface area contributed by atoms with Crippen LogP contribution in [0.5, 0.6) is 0 Å². The average Bonchev–Trinajstić information content (AvgIpc) is 3.25. The Bertz CT molecular complexity index is 1530. The number of carbonyl (C=O) groups excluding carboxylic acids is 1. The lowest BCUT2D eigenvalue weighted by atomic mass is 9.72. The summed E-state index contributed by atoms with van der Waals surface area (Å²) in [4.78, 5) is 27.9. The summed E-state index contributed by atoms with van der Waals surface area (Å²) in [6.45, 7) is 1.76. The highest BCUT2D eigenvalue weighted by Gasteiger charge is 2.58. The van der Waals surface area contributed by atoms with Gasteiger partial charge in [0.05, 0.1) is 23.6 Å². The van der Waals surface area contributed by atoms with Crippen molar-refractivity contribution in [3.05, 3.63) is 104 Å². The number of benzene rings is 3. The topological polar surface area (TPSA) is 96.3 Å². The van der Waals surface area contributed by atoms with Gasteiger partial charge in [-0.25, -0.2) is 8.78 Å². The van der Waals surface area contributed by atoms with Gasteiger partial charge in [0.25, 0.3) is 5.91 Å². The van der Waals surface area contributed by atoms with Gasteiger partial charge in [-0.05, 0) is 53.9 Å². The number of rotatable bonds is 9. The summed E-state index contributed by atoms with van der Waals surface area (Å²) in [6.07, 6.45) is -0.875. The van der Waals surface area contributed by atoms with E-state index in [-0.39, 0.29) is 49.2 Å². The lowest BCUT2D eigenvalue weighted by Crippen LogP contribution is -2.51. The molecule has 228 valence electrons. The molecule has 0 aliphatic carbocycles. The molecule has 0 aromatic heterocycles. The molecule has 0 radical (unpaired) electrons. The molecule has 0 unspecified atom stereocenters. The van der Waals surface area contributed by atoms with Crippen molar-refractivity contribution >= 4 is 35.1 Å². The molecule has 0 spiro atoms. The first-order chi connectivity index (χ1) is 20.4. The third-order valence-electron chi connectivity index (χ3n) is 8.70. The predicted octanol–water partition coefficient (Wildman–Crippen LogP) is 6.77. The fraction of sp³-hybridized carbons (Fsp3) is 0.375. The van der Waals surface area contributed by atoms with E-state index >= 15 is 8.78 Å². The van der Waals surface area contributed by atoms with Crippen LogP contribution in [-0.4, -0.2) is 53.0 Å². The van der Waals surface area contributed by atoms with Crippen LogP contribution in [0.15, 0.2) is 60.7 Å². The average molecular weight is 635 g/mol. The van der Waals surface area contributed by atoms with Crippen LogP contribution in [0.25, 0.3) is 0 Å². The number of nitrogens with zero attached hydrogens (tertiary/aromatic N) is 1. The maximum atomic E-state index is 16.6. The summed E-state index contributed by atoms with van der Waals surface area (Å²) in [6, 6.07) is 13.7. The summed E-state index contributed by atoms with van der Waals surface area (Å²) in [5, 5.41) is 22.5. The molecular formula is C32H31Cl2F2NO6. The Kier molecular flexibility index (Phi) is 8.59. The minimum absolute atomic E-state index is 0.0836. The number of hydrogen-bond donors (Lipinski definition) is 2. The Morgan fingerprint density at radius 1 is 1.09 bits per heavy atom. The van der Waals surface area contributed by atoms with Gasteiger partial charge in [-0.3, -0.25) is 14.5 Å². The van der Waals surface area contributed by atoms with E-state index in [0.29, 0.717) is 21.2 Å². The number of methoxy groups -OCH3 is 1.